The minimum atomic E-state index is 0.367. The van der Waals surface area contributed by atoms with Crippen LogP contribution in [0.4, 0.5) is 0 Å². The molecule has 0 spiro atoms. The summed E-state index contributed by atoms with van der Waals surface area (Å²) in [5.41, 5.74) is 5.44. The van der Waals surface area contributed by atoms with E-state index in [9.17, 15) is 0 Å². The highest BCUT2D eigenvalue weighted by Crippen LogP contribution is 1.82. The van der Waals surface area contributed by atoms with E-state index in [2.05, 4.69) is 10.0 Å². The van der Waals surface area contributed by atoms with E-state index in [1.807, 2.05) is 21.1 Å². The molecule has 5 heteroatoms. The van der Waals surface area contributed by atoms with Gasteiger partial charge in [-0.05, 0) is 14.1 Å². The fourth-order valence-electron chi connectivity index (χ4n) is 0.563. The van der Waals surface area contributed by atoms with Crippen molar-refractivity contribution < 1.29 is 0 Å². The van der Waals surface area contributed by atoms with E-state index >= 15 is 0 Å². The van der Waals surface area contributed by atoms with E-state index in [-0.39, 0.29) is 0 Å². The number of nitrogens with zero attached hydrogens (tertiary/aromatic N) is 3. The van der Waals surface area contributed by atoms with Gasteiger partial charge < -0.3 is 21.4 Å². The van der Waals surface area contributed by atoms with Crippen molar-refractivity contribution in [2.45, 2.75) is 0 Å². The first kappa shape index (κ1) is 10.0. The summed E-state index contributed by atoms with van der Waals surface area (Å²) >= 11 is 0. The lowest BCUT2D eigenvalue weighted by atomic mass is 10.5. The first-order valence-electron chi connectivity index (χ1n) is 3.47. The van der Waals surface area contributed by atoms with Crippen molar-refractivity contribution in [3.63, 3.8) is 0 Å². The number of rotatable bonds is 3. The summed E-state index contributed by atoms with van der Waals surface area (Å²) in [5, 5.41) is 3.37. The van der Waals surface area contributed by atoms with Crippen molar-refractivity contribution >= 4 is 5.96 Å². The number of hydrogen-bond donors (Lipinski definition) is 2. The Kier molecular flexibility index (Phi) is 4.36. The molecule has 0 bridgehead atoms. The third-order valence-electron chi connectivity index (χ3n) is 1.41. The van der Waals surface area contributed by atoms with Crippen LogP contribution in [0.5, 0.6) is 0 Å². The summed E-state index contributed by atoms with van der Waals surface area (Å²) in [6, 6.07) is 0. The normalized spacial score (nSPS) is 12.2. The second kappa shape index (κ2) is 4.79. The maximum atomic E-state index is 5.44. The molecule has 0 aromatic heterocycles. The molecule has 0 atom stereocenters. The molecule has 0 aliphatic heterocycles. The Hall–Kier alpha value is -0.970. The van der Waals surface area contributed by atoms with Crippen LogP contribution in [0.15, 0.2) is 5.10 Å². The van der Waals surface area contributed by atoms with E-state index in [0.717, 1.165) is 13.1 Å². The average molecular weight is 159 g/mol. The van der Waals surface area contributed by atoms with Crippen LogP contribution in [0, 0.1) is 0 Å². The van der Waals surface area contributed by atoms with Crippen LogP contribution in [0.1, 0.15) is 0 Å². The van der Waals surface area contributed by atoms with Gasteiger partial charge in [0.1, 0.15) is 0 Å². The smallest absolute Gasteiger partial charge is 0.213 e. The number of nitrogens with two attached hydrogens (primary N) is 2. The second-order valence-corrected chi connectivity index (χ2v) is 2.71. The van der Waals surface area contributed by atoms with E-state index in [1.165, 1.54) is 0 Å². The molecule has 0 fully saturated rings. The molecule has 0 aromatic rings. The van der Waals surface area contributed by atoms with Crippen molar-refractivity contribution in [2.75, 3.05) is 34.2 Å². The Morgan fingerprint density at radius 1 is 1.27 bits per heavy atom. The van der Waals surface area contributed by atoms with Crippen molar-refractivity contribution in [3.05, 3.63) is 0 Å². The Morgan fingerprint density at radius 2 is 1.82 bits per heavy atom. The van der Waals surface area contributed by atoms with Crippen molar-refractivity contribution in [1.29, 1.82) is 0 Å². The summed E-state index contributed by atoms with van der Waals surface area (Å²) in [4.78, 5) is 3.88. The van der Waals surface area contributed by atoms with E-state index in [4.69, 9.17) is 11.6 Å². The SMILES string of the molecule is CN(C)CCN(C)/C(N)=N/N. The third-order valence-corrected chi connectivity index (χ3v) is 1.41. The predicted octanol–water partition coefficient (Wildman–Crippen LogP) is -1.33. The van der Waals surface area contributed by atoms with Gasteiger partial charge in [-0.15, -0.1) is 5.10 Å². The van der Waals surface area contributed by atoms with Crippen LogP contribution in [0.3, 0.4) is 0 Å². The number of likely N-dealkylation sites (N-methyl/N-ethyl adjacent to an activating group) is 2. The van der Waals surface area contributed by atoms with Crippen LogP contribution >= 0.6 is 0 Å². The molecule has 5 nitrogen and oxygen atoms in total. The van der Waals surface area contributed by atoms with Gasteiger partial charge in [0.05, 0.1) is 0 Å². The van der Waals surface area contributed by atoms with Gasteiger partial charge in [-0.25, -0.2) is 0 Å². The first-order chi connectivity index (χ1) is 5.07. The van der Waals surface area contributed by atoms with Gasteiger partial charge in [-0.2, -0.15) is 0 Å². The molecular weight excluding hydrogens is 142 g/mol. The van der Waals surface area contributed by atoms with Gasteiger partial charge in [-0.1, -0.05) is 0 Å². The molecule has 0 heterocycles. The Morgan fingerprint density at radius 3 is 2.18 bits per heavy atom. The molecule has 0 aliphatic rings. The molecule has 0 radical (unpaired) electrons. The van der Waals surface area contributed by atoms with Gasteiger partial charge in [0.25, 0.3) is 0 Å². The lowest BCUT2D eigenvalue weighted by molar-refractivity contribution is 0.355. The predicted molar refractivity (Wildman–Crippen MR) is 47.0 cm³/mol. The molecule has 0 saturated carbocycles. The molecule has 0 aromatic carbocycles. The highest BCUT2D eigenvalue weighted by atomic mass is 15.3. The molecular formula is C6H17N5. The summed E-state index contributed by atoms with van der Waals surface area (Å²) < 4.78 is 0. The van der Waals surface area contributed by atoms with Crippen LogP contribution in [0.25, 0.3) is 0 Å². The summed E-state index contributed by atoms with van der Waals surface area (Å²) in [7, 11) is 5.86. The molecule has 0 aliphatic carbocycles. The fraction of sp³-hybridized carbons (Fsp3) is 0.833. The van der Waals surface area contributed by atoms with Crippen LogP contribution < -0.4 is 11.6 Å². The van der Waals surface area contributed by atoms with Crippen molar-refractivity contribution in [1.82, 2.24) is 9.80 Å². The summed E-state index contributed by atoms with van der Waals surface area (Å²) in [6.07, 6.45) is 0. The third kappa shape index (κ3) is 4.44. The van der Waals surface area contributed by atoms with Gasteiger partial charge >= 0.3 is 0 Å². The molecule has 0 rings (SSSR count). The highest BCUT2D eigenvalue weighted by Gasteiger charge is 2.00. The van der Waals surface area contributed by atoms with Gasteiger partial charge in [0.2, 0.25) is 5.96 Å². The maximum Gasteiger partial charge on any atom is 0.213 e. The highest BCUT2D eigenvalue weighted by molar-refractivity contribution is 5.77. The largest absolute Gasteiger partial charge is 0.368 e. The average Bonchev–Trinajstić information content (AvgIpc) is 1.98. The van der Waals surface area contributed by atoms with Gasteiger partial charge in [0.15, 0.2) is 0 Å². The Labute approximate surface area is 67.6 Å². The topological polar surface area (TPSA) is 70.9 Å². The van der Waals surface area contributed by atoms with E-state index in [1.54, 1.807) is 4.90 Å². The maximum absolute atomic E-state index is 5.44. The van der Waals surface area contributed by atoms with Crippen LogP contribution in [-0.2, 0) is 0 Å². The number of hydrogen-bond acceptors (Lipinski definition) is 3. The van der Waals surface area contributed by atoms with Crippen molar-refractivity contribution in [2.24, 2.45) is 16.7 Å². The molecule has 0 unspecified atom stereocenters. The lowest BCUT2D eigenvalue weighted by Gasteiger charge is -2.19. The van der Waals surface area contributed by atoms with Gasteiger partial charge in [0, 0.05) is 20.1 Å². The molecule has 0 amide bonds. The molecule has 66 valence electrons. The zero-order valence-electron chi connectivity index (χ0n) is 7.41. The Bertz CT molecular complexity index is 131. The minimum Gasteiger partial charge on any atom is -0.368 e. The minimum absolute atomic E-state index is 0.367. The Balaban J connectivity index is 3.61. The quantitative estimate of drug-likeness (QED) is 0.232. The summed E-state index contributed by atoms with van der Waals surface area (Å²) in [6.45, 7) is 1.77. The molecule has 0 saturated heterocycles. The van der Waals surface area contributed by atoms with Crippen LogP contribution in [-0.4, -0.2) is 50.0 Å². The van der Waals surface area contributed by atoms with E-state index < -0.39 is 0 Å². The fourth-order valence-corrected chi connectivity index (χ4v) is 0.563. The van der Waals surface area contributed by atoms with Gasteiger partial charge in [-0.3, -0.25) is 0 Å². The number of guanidine groups is 1. The molecule has 11 heavy (non-hydrogen) atoms. The summed E-state index contributed by atoms with van der Waals surface area (Å²) in [5.74, 6) is 5.35. The monoisotopic (exact) mass is 159 g/mol. The van der Waals surface area contributed by atoms with Crippen LogP contribution in [0.2, 0.25) is 0 Å². The second-order valence-electron chi connectivity index (χ2n) is 2.71. The standard InChI is InChI=1S/C6H17N5/c1-10(2)4-5-11(3)6(7)9-8/h4-5,8H2,1-3H3,(H2,7,9). The lowest BCUT2D eigenvalue weighted by Crippen LogP contribution is -2.38. The zero-order chi connectivity index (χ0) is 8.85. The number of hydrazone groups is 1. The van der Waals surface area contributed by atoms with Crippen molar-refractivity contribution in [3.8, 4) is 0 Å². The van der Waals surface area contributed by atoms with E-state index in [0.29, 0.717) is 5.96 Å². The first-order valence-corrected chi connectivity index (χ1v) is 3.47. The zero-order valence-corrected chi connectivity index (χ0v) is 7.41. The molecule has 4 N–H and O–H groups in total.